The molecule has 1 rings (SSSR count). The van der Waals surface area contributed by atoms with Crippen molar-refractivity contribution in [2.75, 3.05) is 18.9 Å². The summed E-state index contributed by atoms with van der Waals surface area (Å²) in [7, 11) is -3.36. The van der Waals surface area contributed by atoms with Crippen molar-refractivity contribution >= 4 is 21.3 Å². The van der Waals surface area contributed by atoms with Crippen LogP contribution >= 0.6 is 0 Å². The maximum atomic E-state index is 11.5. The molecule has 0 radical (unpaired) electrons. The summed E-state index contributed by atoms with van der Waals surface area (Å²) in [6.45, 7) is 2.34. The summed E-state index contributed by atoms with van der Waals surface area (Å²) in [5, 5.41) is 0. The van der Waals surface area contributed by atoms with E-state index in [9.17, 15) is 12.6 Å². The van der Waals surface area contributed by atoms with E-state index in [1.807, 2.05) is 6.92 Å². The Morgan fingerprint density at radius 2 is 2.23 bits per heavy atom. The highest BCUT2D eigenvalue weighted by atomic mass is 32.3. The lowest BCUT2D eigenvalue weighted by atomic mass is 10.4. The minimum Gasteiger partial charge on any atom is -0.276 e. The topological polar surface area (TPSA) is 63.7 Å². The van der Waals surface area contributed by atoms with Gasteiger partial charge in [-0.25, -0.2) is 12.6 Å². The van der Waals surface area contributed by atoms with Gasteiger partial charge in [-0.15, -0.1) is 0 Å². The van der Waals surface area contributed by atoms with E-state index in [0.29, 0.717) is 6.42 Å². The first-order valence-corrected chi connectivity index (χ1v) is 6.77. The molecule has 0 amide bonds. The Labute approximate surface area is 80.9 Å². The van der Waals surface area contributed by atoms with Gasteiger partial charge in [0, 0.05) is 0 Å². The molecule has 7 heteroatoms. The molecule has 0 spiro atoms. The summed E-state index contributed by atoms with van der Waals surface area (Å²) in [5.41, 5.74) is 0. The monoisotopic (exact) mass is 227 g/mol. The summed E-state index contributed by atoms with van der Waals surface area (Å²) < 4.78 is 39.5. The molecule has 1 unspecified atom stereocenters. The van der Waals surface area contributed by atoms with Crippen LogP contribution in [0.5, 0.6) is 0 Å². The van der Waals surface area contributed by atoms with Crippen LogP contribution in [0.25, 0.3) is 0 Å². The second-order valence-corrected chi connectivity index (χ2v) is 6.09. The standard InChI is InChI=1S/C6H13NO4S2/c1-2-3-6-13(9,10)7-4-5-11-12(7)8/h2-6H2,1H3. The van der Waals surface area contributed by atoms with E-state index in [4.69, 9.17) is 0 Å². The Kier molecular flexibility index (Phi) is 3.84. The van der Waals surface area contributed by atoms with Crippen LogP contribution in [0, 0.1) is 0 Å². The molecule has 5 nitrogen and oxygen atoms in total. The first kappa shape index (κ1) is 11.1. The average Bonchev–Trinajstić information content (AvgIpc) is 2.48. The minimum atomic E-state index is -3.36. The molecule has 1 aliphatic rings. The van der Waals surface area contributed by atoms with Crippen molar-refractivity contribution < 1.29 is 16.8 Å². The molecule has 0 saturated carbocycles. The van der Waals surface area contributed by atoms with Crippen LogP contribution in [0.3, 0.4) is 0 Å². The van der Waals surface area contributed by atoms with Crippen LogP contribution in [0.15, 0.2) is 0 Å². The Morgan fingerprint density at radius 3 is 2.69 bits per heavy atom. The molecular formula is C6H13NO4S2. The summed E-state index contributed by atoms with van der Waals surface area (Å²) in [6.07, 6.45) is 1.40. The summed E-state index contributed by atoms with van der Waals surface area (Å²) in [4.78, 5) is 0. The van der Waals surface area contributed by atoms with Gasteiger partial charge in [-0.1, -0.05) is 17.1 Å². The Bertz CT molecular complexity index is 287. The van der Waals surface area contributed by atoms with Crippen LogP contribution in [-0.2, 0) is 25.5 Å². The second-order valence-electron chi connectivity index (χ2n) is 2.74. The number of unbranched alkanes of at least 4 members (excludes halogenated alkanes) is 1. The van der Waals surface area contributed by atoms with Crippen molar-refractivity contribution in [3.63, 3.8) is 0 Å². The fourth-order valence-electron chi connectivity index (χ4n) is 0.977. The molecule has 0 N–H and O–H groups in total. The van der Waals surface area contributed by atoms with Gasteiger partial charge in [0.25, 0.3) is 11.3 Å². The molecule has 1 saturated heterocycles. The van der Waals surface area contributed by atoms with Gasteiger partial charge < -0.3 is 0 Å². The summed E-state index contributed by atoms with van der Waals surface area (Å²) >= 11 is -1.79. The zero-order valence-corrected chi connectivity index (χ0v) is 9.07. The van der Waals surface area contributed by atoms with Crippen molar-refractivity contribution in [3.8, 4) is 0 Å². The van der Waals surface area contributed by atoms with Crippen molar-refractivity contribution in [2.45, 2.75) is 19.8 Å². The molecular weight excluding hydrogens is 214 g/mol. The highest BCUT2D eigenvalue weighted by Gasteiger charge is 2.32. The normalized spacial score (nSPS) is 25.2. The number of sulfonamides is 1. The van der Waals surface area contributed by atoms with Crippen LogP contribution in [-0.4, -0.2) is 35.2 Å². The first-order chi connectivity index (χ1) is 6.08. The average molecular weight is 227 g/mol. The highest BCUT2D eigenvalue weighted by Crippen LogP contribution is 2.13. The van der Waals surface area contributed by atoms with E-state index >= 15 is 0 Å². The molecule has 0 aromatic rings. The van der Waals surface area contributed by atoms with Gasteiger partial charge >= 0.3 is 0 Å². The maximum Gasteiger partial charge on any atom is 0.251 e. The molecule has 13 heavy (non-hydrogen) atoms. The minimum absolute atomic E-state index is 0.0542. The van der Waals surface area contributed by atoms with Gasteiger partial charge in [-0.05, 0) is 6.42 Å². The van der Waals surface area contributed by atoms with Crippen molar-refractivity contribution in [1.82, 2.24) is 3.71 Å². The maximum absolute atomic E-state index is 11.5. The van der Waals surface area contributed by atoms with E-state index in [-0.39, 0.29) is 18.9 Å². The fourth-order valence-corrected chi connectivity index (χ4v) is 3.84. The zero-order valence-electron chi connectivity index (χ0n) is 7.43. The van der Waals surface area contributed by atoms with Gasteiger partial charge in [-0.3, -0.25) is 4.18 Å². The molecule has 1 fully saturated rings. The number of hydrogen-bond donors (Lipinski definition) is 0. The van der Waals surface area contributed by atoms with E-state index in [1.54, 1.807) is 0 Å². The van der Waals surface area contributed by atoms with Gasteiger partial charge in [0.2, 0.25) is 10.0 Å². The van der Waals surface area contributed by atoms with E-state index < -0.39 is 21.3 Å². The molecule has 1 heterocycles. The lowest BCUT2D eigenvalue weighted by Gasteiger charge is -2.10. The fraction of sp³-hybridized carbons (Fsp3) is 1.00. The lowest BCUT2D eigenvalue weighted by molar-refractivity contribution is 0.391. The Balaban J connectivity index is 2.63. The highest BCUT2D eigenvalue weighted by molar-refractivity contribution is 7.99. The van der Waals surface area contributed by atoms with E-state index in [0.717, 1.165) is 10.1 Å². The van der Waals surface area contributed by atoms with E-state index in [1.165, 1.54) is 0 Å². The van der Waals surface area contributed by atoms with Crippen LogP contribution in [0.1, 0.15) is 19.8 Å². The predicted molar refractivity (Wildman–Crippen MR) is 49.5 cm³/mol. The van der Waals surface area contributed by atoms with Gasteiger partial charge in [-0.2, -0.15) is 0 Å². The molecule has 1 atom stereocenters. The summed E-state index contributed by atoms with van der Waals surface area (Å²) in [5.74, 6) is 0.0542. The third-order valence-electron chi connectivity index (χ3n) is 1.69. The largest absolute Gasteiger partial charge is 0.276 e. The van der Waals surface area contributed by atoms with Gasteiger partial charge in [0.1, 0.15) is 0 Å². The summed E-state index contributed by atoms with van der Waals surface area (Å²) in [6, 6.07) is 0. The predicted octanol–water partition coefficient (Wildman–Crippen LogP) is 0.0272. The van der Waals surface area contributed by atoms with Crippen LogP contribution < -0.4 is 0 Å². The van der Waals surface area contributed by atoms with Gasteiger partial charge in [0.05, 0.1) is 18.9 Å². The quantitative estimate of drug-likeness (QED) is 0.679. The van der Waals surface area contributed by atoms with Crippen molar-refractivity contribution in [1.29, 1.82) is 0 Å². The molecule has 0 aromatic heterocycles. The van der Waals surface area contributed by atoms with Crippen LogP contribution in [0.2, 0.25) is 0 Å². The first-order valence-electron chi connectivity index (χ1n) is 4.13. The Morgan fingerprint density at radius 1 is 1.54 bits per heavy atom. The third-order valence-corrected chi connectivity index (χ3v) is 5.23. The van der Waals surface area contributed by atoms with Crippen LogP contribution in [0.4, 0.5) is 0 Å². The smallest absolute Gasteiger partial charge is 0.251 e. The van der Waals surface area contributed by atoms with E-state index in [2.05, 4.69) is 4.18 Å². The SMILES string of the molecule is CCCCS(=O)(=O)N1CCOS1=O. The zero-order chi connectivity index (χ0) is 9.90. The van der Waals surface area contributed by atoms with Crippen molar-refractivity contribution in [3.05, 3.63) is 0 Å². The number of rotatable bonds is 4. The molecule has 78 valence electrons. The molecule has 0 aromatic carbocycles. The molecule has 0 bridgehead atoms. The molecule has 0 aliphatic carbocycles. The number of hydrogen-bond acceptors (Lipinski definition) is 4. The lowest BCUT2D eigenvalue weighted by Crippen LogP contribution is -2.31. The third kappa shape index (κ3) is 2.73. The second kappa shape index (κ2) is 4.50. The Hall–Kier alpha value is 0.0200. The number of nitrogens with zero attached hydrogens (tertiary/aromatic N) is 1. The van der Waals surface area contributed by atoms with Gasteiger partial charge in [0.15, 0.2) is 0 Å². The van der Waals surface area contributed by atoms with Crippen molar-refractivity contribution in [2.24, 2.45) is 0 Å². The molecule has 1 aliphatic heterocycles.